The molecule has 20 heavy (non-hydrogen) atoms. The number of anilines is 1. The average Bonchev–Trinajstić information content (AvgIpc) is 2.43. The smallest absolute Gasteiger partial charge is 0.253 e. The first-order valence-corrected chi connectivity index (χ1v) is 6.33. The van der Waals surface area contributed by atoms with Gasteiger partial charge in [-0.2, -0.15) is 0 Å². The summed E-state index contributed by atoms with van der Waals surface area (Å²) in [7, 11) is 1.69. The molecule has 2 N–H and O–H groups in total. The van der Waals surface area contributed by atoms with E-state index < -0.39 is 0 Å². The van der Waals surface area contributed by atoms with Crippen molar-refractivity contribution in [1.82, 2.24) is 4.90 Å². The molecule has 0 saturated heterocycles. The number of hydrogen-bond acceptors (Lipinski definition) is 2. The molecular formula is C16H17FN2O. The van der Waals surface area contributed by atoms with Crippen LogP contribution in [0.4, 0.5) is 10.1 Å². The molecule has 0 fully saturated rings. The van der Waals surface area contributed by atoms with E-state index in [0.717, 1.165) is 5.56 Å². The number of nitrogens with two attached hydrogens (primary N) is 1. The lowest BCUT2D eigenvalue weighted by Gasteiger charge is -2.17. The van der Waals surface area contributed by atoms with Crippen molar-refractivity contribution in [2.24, 2.45) is 0 Å². The maximum Gasteiger partial charge on any atom is 0.253 e. The highest BCUT2D eigenvalue weighted by atomic mass is 19.1. The predicted molar refractivity (Wildman–Crippen MR) is 77.8 cm³/mol. The fraction of sp³-hybridized carbons (Fsp3) is 0.188. The van der Waals surface area contributed by atoms with Gasteiger partial charge in [-0.05, 0) is 42.3 Å². The minimum Gasteiger partial charge on any atom is -0.399 e. The summed E-state index contributed by atoms with van der Waals surface area (Å²) in [4.78, 5) is 13.8. The van der Waals surface area contributed by atoms with E-state index in [0.29, 0.717) is 23.4 Å². The molecule has 0 heterocycles. The molecule has 0 aliphatic carbocycles. The van der Waals surface area contributed by atoms with Crippen molar-refractivity contribution in [2.75, 3.05) is 12.8 Å². The van der Waals surface area contributed by atoms with Crippen LogP contribution in [0.1, 0.15) is 21.5 Å². The Morgan fingerprint density at radius 2 is 1.85 bits per heavy atom. The number of carbonyl (C=O) groups is 1. The Labute approximate surface area is 117 Å². The van der Waals surface area contributed by atoms with Crippen molar-refractivity contribution < 1.29 is 9.18 Å². The third kappa shape index (κ3) is 3.15. The van der Waals surface area contributed by atoms with Crippen molar-refractivity contribution in [2.45, 2.75) is 13.5 Å². The van der Waals surface area contributed by atoms with E-state index >= 15 is 0 Å². The topological polar surface area (TPSA) is 46.3 Å². The van der Waals surface area contributed by atoms with Crippen LogP contribution < -0.4 is 5.73 Å². The molecule has 0 radical (unpaired) electrons. The highest BCUT2D eigenvalue weighted by molar-refractivity contribution is 5.94. The summed E-state index contributed by atoms with van der Waals surface area (Å²) >= 11 is 0. The zero-order valence-corrected chi connectivity index (χ0v) is 11.6. The van der Waals surface area contributed by atoms with Gasteiger partial charge in [0.2, 0.25) is 0 Å². The lowest BCUT2D eigenvalue weighted by molar-refractivity contribution is 0.0784. The monoisotopic (exact) mass is 272 g/mol. The van der Waals surface area contributed by atoms with Gasteiger partial charge in [-0.3, -0.25) is 4.79 Å². The fourth-order valence-electron chi connectivity index (χ4n) is 1.91. The Hall–Kier alpha value is -2.36. The molecule has 2 aromatic carbocycles. The average molecular weight is 272 g/mol. The van der Waals surface area contributed by atoms with E-state index in [4.69, 9.17) is 5.73 Å². The SMILES string of the molecule is Cc1ccc(C(=O)N(C)Cc2ccc(N)cc2)cc1F. The highest BCUT2D eigenvalue weighted by Crippen LogP contribution is 2.13. The van der Waals surface area contributed by atoms with Gasteiger partial charge in [0.05, 0.1) is 0 Å². The van der Waals surface area contributed by atoms with E-state index in [1.54, 1.807) is 43.1 Å². The third-order valence-corrected chi connectivity index (χ3v) is 3.16. The van der Waals surface area contributed by atoms with E-state index in [9.17, 15) is 9.18 Å². The molecule has 3 nitrogen and oxygen atoms in total. The van der Waals surface area contributed by atoms with Gasteiger partial charge in [0, 0.05) is 24.8 Å². The van der Waals surface area contributed by atoms with Gasteiger partial charge >= 0.3 is 0 Å². The standard InChI is InChI=1S/C16H17FN2O/c1-11-3-6-13(9-15(11)17)16(20)19(2)10-12-4-7-14(18)8-5-12/h3-9H,10,18H2,1-2H3. The summed E-state index contributed by atoms with van der Waals surface area (Å²) in [6, 6.07) is 11.8. The molecule has 2 rings (SSSR count). The summed E-state index contributed by atoms with van der Waals surface area (Å²) in [6.45, 7) is 2.12. The van der Waals surface area contributed by atoms with Crippen LogP contribution >= 0.6 is 0 Å². The van der Waals surface area contributed by atoms with Crippen LogP contribution in [0.25, 0.3) is 0 Å². The van der Waals surface area contributed by atoms with Gasteiger partial charge in [0.1, 0.15) is 5.82 Å². The minimum atomic E-state index is -0.364. The van der Waals surface area contributed by atoms with E-state index in [-0.39, 0.29) is 11.7 Å². The van der Waals surface area contributed by atoms with Crippen molar-refractivity contribution in [3.63, 3.8) is 0 Å². The number of aryl methyl sites for hydroxylation is 1. The molecule has 104 valence electrons. The van der Waals surface area contributed by atoms with Crippen LogP contribution in [0, 0.1) is 12.7 Å². The summed E-state index contributed by atoms with van der Waals surface area (Å²) < 4.78 is 13.5. The molecular weight excluding hydrogens is 255 g/mol. The Morgan fingerprint density at radius 3 is 2.45 bits per heavy atom. The number of hydrogen-bond donors (Lipinski definition) is 1. The Bertz CT molecular complexity index is 623. The molecule has 0 aromatic heterocycles. The molecule has 1 amide bonds. The first-order chi connectivity index (χ1) is 9.47. The number of benzene rings is 2. The minimum absolute atomic E-state index is 0.208. The second-order valence-corrected chi connectivity index (χ2v) is 4.87. The molecule has 0 bridgehead atoms. The van der Waals surface area contributed by atoms with Crippen LogP contribution in [0.3, 0.4) is 0 Å². The van der Waals surface area contributed by atoms with Crippen molar-refractivity contribution in [1.29, 1.82) is 0 Å². The van der Waals surface area contributed by atoms with Crippen LogP contribution in [0.15, 0.2) is 42.5 Å². The van der Waals surface area contributed by atoms with Crippen LogP contribution in [0.2, 0.25) is 0 Å². The largest absolute Gasteiger partial charge is 0.399 e. The van der Waals surface area contributed by atoms with Crippen LogP contribution in [-0.4, -0.2) is 17.9 Å². The molecule has 0 unspecified atom stereocenters. The molecule has 0 aliphatic rings. The Morgan fingerprint density at radius 1 is 1.20 bits per heavy atom. The molecule has 2 aromatic rings. The third-order valence-electron chi connectivity index (χ3n) is 3.16. The number of nitrogens with zero attached hydrogens (tertiary/aromatic N) is 1. The van der Waals surface area contributed by atoms with Crippen LogP contribution in [0.5, 0.6) is 0 Å². The second kappa shape index (κ2) is 5.74. The molecule has 0 saturated carbocycles. The number of carbonyl (C=O) groups excluding carboxylic acids is 1. The van der Waals surface area contributed by atoms with Crippen molar-refractivity contribution in [3.8, 4) is 0 Å². The van der Waals surface area contributed by atoms with E-state index in [2.05, 4.69) is 0 Å². The number of rotatable bonds is 3. The Kier molecular flexibility index (Phi) is 4.03. The van der Waals surface area contributed by atoms with Crippen molar-refractivity contribution in [3.05, 3.63) is 65.0 Å². The molecule has 4 heteroatoms. The number of nitrogen functional groups attached to an aromatic ring is 1. The number of halogens is 1. The maximum atomic E-state index is 13.5. The first kappa shape index (κ1) is 14.1. The molecule has 0 spiro atoms. The zero-order valence-electron chi connectivity index (χ0n) is 11.6. The van der Waals surface area contributed by atoms with Gasteiger partial charge in [0.15, 0.2) is 0 Å². The first-order valence-electron chi connectivity index (χ1n) is 6.33. The van der Waals surface area contributed by atoms with E-state index in [1.165, 1.54) is 6.07 Å². The van der Waals surface area contributed by atoms with Crippen molar-refractivity contribution >= 4 is 11.6 Å². The van der Waals surface area contributed by atoms with Gasteiger partial charge in [0.25, 0.3) is 5.91 Å². The summed E-state index contributed by atoms with van der Waals surface area (Å²) in [5, 5.41) is 0. The normalized spacial score (nSPS) is 10.3. The zero-order chi connectivity index (χ0) is 14.7. The van der Waals surface area contributed by atoms with Crippen LogP contribution in [-0.2, 0) is 6.54 Å². The quantitative estimate of drug-likeness (QED) is 0.873. The summed E-state index contributed by atoms with van der Waals surface area (Å²) in [5.74, 6) is -0.572. The maximum absolute atomic E-state index is 13.5. The molecule has 0 aliphatic heterocycles. The lowest BCUT2D eigenvalue weighted by Crippen LogP contribution is -2.26. The fourth-order valence-corrected chi connectivity index (χ4v) is 1.91. The van der Waals surface area contributed by atoms with E-state index in [1.807, 2.05) is 12.1 Å². The summed E-state index contributed by atoms with van der Waals surface area (Å²) in [6.07, 6.45) is 0. The van der Waals surface area contributed by atoms with Gasteiger partial charge in [-0.25, -0.2) is 4.39 Å². The summed E-state index contributed by atoms with van der Waals surface area (Å²) in [5.41, 5.74) is 8.16. The van der Waals surface area contributed by atoms with Gasteiger partial charge < -0.3 is 10.6 Å². The van der Waals surface area contributed by atoms with Gasteiger partial charge in [-0.1, -0.05) is 18.2 Å². The number of amides is 1. The second-order valence-electron chi connectivity index (χ2n) is 4.87. The lowest BCUT2D eigenvalue weighted by atomic mass is 10.1. The molecule has 0 atom stereocenters. The Balaban J connectivity index is 2.11. The predicted octanol–water partition coefficient (Wildman–Crippen LogP) is 2.99. The highest BCUT2D eigenvalue weighted by Gasteiger charge is 2.13. The van der Waals surface area contributed by atoms with Gasteiger partial charge in [-0.15, -0.1) is 0 Å².